The second-order valence-corrected chi connectivity index (χ2v) is 5.45. The number of rotatable bonds is 3. The number of aromatic nitrogens is 1. The summed E-state index contributed by atoms with van der Waals surface area (Å²) in [4.78, 5) is 15.1. The van der Waals surface area contributed by atoms with Crippen molar-refractivity contribution in [2.24, 2.45) is 5.14 Å². The van der Waals surface area contributed by atoms with Crippen LogP contribution in [0.1, 0.15) is 10.4 Å². The van der Waals surface area contributed by atoms with Crippen LogP contribution in [0.3, 0.4) is 0 Å². The zero-order valence-electron chi connectivity index (χ0n) is 10.1. The molecule has 2 rings (SSSR count). The standard InChI is InChI=1S/C12H10FN3O3S/c13-11-7-8(5-6-15-11)12(17)16-9-1-3-10(4-2-9)20(14,18)19/h1-7H,(H,16,17)(H2,14,18,19). The fourth-order valence-electron chi connectivity index (χ4n) is 1.47. The molecule has 0 atom stereocenters. The van der Waals surface area contributed by atoms with Gasteiger partial charge < -0.3 is 5.32 Å². The first-order chi connectivity index (χ1) is 9.36. The van der Waals surface area contributed by atoms with Crippen molar-refractivity contribution < 1.29 is 17.6 Å². The van der Waals surface area contributed by atoms with Crippen molar-refractivity contribution in [3.8, 4) is 0 Å². The van der Waals surface area contributed by atoms with Crippen molar-refractivity contribution in [1.82, 2.24) is 4.98 Å². The monoisotopic (exact) mass is 295 g/mol. The van der Waals surface area contributed by atoms with E-state index in [-0.39, 0.29) is 10.5 Å². The number of nitrogens with zero attached hydrogens (tertiary/aromatic N) is 1. The van der Waals surface area contributed by atoms with Gasteiger partial charge in [0.25, 0.3) is 5.91 Å². The second-order valence-electron chi connectivity index (χ2n) is 3.89. The van der Waals surface area contributed by atoms with Gasteiger partial charge >= 0.3 is 0 Å². The van der Waals surface area contributed by atoms with Gasteiger partial charge in [-0.15, -0.1) is 0 Å². The highest BCUT2D eigenvalue weighted by atomic mass is 32.2. The molecule has 0 aliphatic rings. The summed E-state index contributed by atoms with van der Waals surface area (Å²) in [5, 5.41) is 7.45. The molecule has 0 bridgehead atoms. The highest BCUT2D eigenvalue weighted by Gasteiger charge is 2.10. The summed E-state index contributed by atoms with van der Waals surface area (Å²) in [6, 6.07) is 7.64. The summed E-state index contributed by atoms with van der Waals surface area (Å²) in [6.07, 6.45) is 1.17. The Labute approximate surface area is 114 Å². The Morgan fingerprint density at radius 3 is 2.40 bits per heavy atom. The number of nitrogens with one attached hydrogen (secondary N) is 1. The third-order valence-electron chi connectivity index (χ3n) is 2.43. The van der Waals surface area contributed by atoms with Gasteiger partial charge in [0.2, 0.25) is 16.0 Å². The van der Waals surface area contributed by atoms with Crippen LogP contribution >= 0.6 is 0 Å². The fraction of sp³-hybridized carbons (Fsp3) is 0. The molecule has 0 unspecified atom stereocenters. The van der Waals surface area contributed by atoms with Crippen molar-refractivity contribution in [1.29, 1.82) is 0 Å². The van der Waals surface area contributed by atoms with Gasteiger partial charge in [-0.25, -0.2) is 18.5 Å². The van der Waals surface area contributed by atoms with Crippen molar-refractivity contribution in [3.63, 3.8) is 0 Å². The van der Waals surface area contributed by atoms with E-state index in [2.05, 4.69) is 10.3 Å². The van der Waals surface area contributed by atoms with Gasteiger partial charge in [-0.05, 0) is 30.3 Å². The largest absolute Gasteiger partial charge is 0.322 e. The second kappa shape index (κ2) is 5.35. The number of benzene rings is 1. The molecule has 3 N–H and O–H groups in total. The van der Waals surface area contributed by atoms with Gasteiger partial charge in [-0.2, -0.15) is 4.39 Å². The zero-order chi connectivity index (χ0) is 14.8. The summed E-state index contributed by atoms with van der Waals surface area (Å²) in [5.41, 5.74) is 0.465. The first kappa shape index (κ1) is 14.1. The molecule has 1 aromatic heterocycles. The van der Waals surface area contributed by atoms with Gasteiger partial charge in [0.05, 0.1) is 4.90 Å². The average Bonchev–Trinajstić information content (AvgIpc) is 2.38. The number of halogens is 1. The maximum Gasteiger partial charge on any atom is 0.255 e. The molecule has 2 aromatic rings. The SMILES string of the molecule is NS(=O)(=O)c1ccc(NC(=O)c2ccnc(F)c2)cc1. The van der Waals surface area contributed by atoms with Crippen LogP contribution in [0.2, 0.25) is 0 Å². The number of anilines is 1. The number of carbonyl (C=O) groups excluding carboxylic acids is 1. The summed E-state index contributed by atoms with van der Waals surface area (Å²) in [7, 11) is -3.78. The van der Waals surface area contributed by atoms with Crippen molar-refractivity contribution in [2.75, 3.05) is 5.32 Å². The smallest absolute Gasteiger partial charge is 0.255 e. The van der Waals surface area contributed by atoms with Crippen LogP contribution in [0.15, 0.2) is 47.5 Å². The number of amides is 1. The van der Waals surface area contributed by atoms with Gasteiger partial charge in [0.15, 0.2) is 0 Å². The number of hydrogen-bond donors (Lipinski definition) is 2. The van der Waals surface area contributed by atoms with Crippen LogP contribution in [-0.4, -0.2) is 19.3 Å². The van der Waals surface area contributed by atoms with E-state index in [0.29, 0.717) is 5.69 Å². The number of pyridine rings is 1. The predicted molar refractivity (Wildman–Crippen MR) is 70.0 cm³/mol. The van der Waals surface area contributed by atoms with E-state index in [1.807, 2.05) is 0 Å². The number of nitrogens with two attached hydrogens (primary N) is 1. The van der Waals surface area contributed by atoms with E-state index >= 15 is 0 Å². The minimum absolute atomic E-state index is 0.0644. The van der Waals surface area contributed by atoms with Crippen LogP contribution in [0, 0.1) is 5.95 Å². The molecule has 0 saturated heterocycles. The first-order valence-corrected chi connectivity index (χ1v) is 6.97. The lowest BCUT2D eigenvalue weighted by Gasteiger charge is -2.06. The Balaban J connectivity index is 2.16. The molecule has 104 valence electrons. The average molecular weight is 295 g/mol. The van der Waals surface area contributed by atoms with Gasteiger partial charge in [-0.3, -0.25) is 4.79 Å². The highest BCUT2D eigenvalue weighted by Crippen LogP contribution is 2.14. The van der Waals surface area contributed by atoms with E-state index in [9.17, 15) is 17.6 Å². The van der Waals surface area contributed by atoms with Crippen LogP contribution in [0.5, 0.6) is 0 Å². The van der Waals surface area contributed by atoms with Crippen LogP contribution in [0.4, 0.5) is 10.1 Å². The molecule has 0 fully saturated rings. The van der Waals surface area contributed by atoms with E-state index in [4.69, 9.17) is 5.14 Å². The maximum atomic E-state index is 12.9. The molecule has 1 heterocycles. The maximum absolute atomic E-state index is 12.9. The summed E-state index contributed by atoms with van der Waals surface area (Å²) >= 11 is 0. The normalized spacial score (nSPS) is 11.1. The third kappa shape index (κ3) is 3.37. The minimum atomic E-state index is -3.78. The molecule has 0 aliphatic carbocycles. The predicted octanol–water partition coefficient (Wildman–Crippen LogP) is 1.12. The van der Waals surface area contributed by atoms with Gasteiger partial charge in [0.1, 0.15) is 0 Å². The molecule has 6 nitrogen and oxygen atoms in total. The third-order valence-corrected chi connectivity index (χ3v) is 3.36. The van der Waals surface area contributed by atoms with Crippen LogP contribution in [0.25, 0.3) is 0 Å². The molecule has 1 aromatic carbocycles. The van der Waals surface area contributed by atoms with Gasteiger partial charge in [0, 0.05) is 23.5 Å². The summed E-state index contributed by atoms with van der Waals surface area (Å²) in [6.45, 7) is 0. The van der Waals surface area contributed by atoms with Gasteiger partial charge in [-0.1, -0.05) is 0 Å². The Bertz CT molecular complexity index is 745. The topological polar surface area (TPSA) is 102 Å². The molecule has 20 heavy (non-hydrogen) atoms. The Morgan fingerprint density at radius 2 is 1.85 bits per heavy atom. The van der Waals surface area contributed by atoms with E-state index in [0.717, 1.165) is 6.07 Å². The molecule has 1 amide bonds. The molecule has 0 saturated carbocycles. The van der Waals surface area contributed by atoms with Crippen molar-refractivity contribution in [2.45, 2.75) is 4.90 Å². The molecule has 0 radical (unpaired) electrons. The fourth-order valence-corrected chi connectivity index (χ4v) is 1.99. The highest BCUT2D eigenvalue weighted by molar-refractivity contribution is 7.89. The number of carbonyl (C=O) groups is 1. The number of hydrogen-bond acceptors (Lipinski definition) is 4. The quantitative estimate of drug-likeness (QED) is 0.828. The first-order valence-electron chi connectivity index (χ1n) is 5.42. The van der Waals surface area contributed by atoms with Crippen LogP contribution in [-0.2, 0) is 10.0 Å². The lowest BCUT2D eigenvalue weighted by atomic mass is 10.2. The van der Waals surface area contributed by atoms with Crippen LogP contribution < -0.4 is 10.5 Å². The molecular weight excluding hydrogens is 285 g/mol. The lowest BCUT2D eigenvalue weighted by molar-refractivity contribution is 0.102. The van der Waals surface area contributed by atoms with E-state index in [1.165, 1.54) is 36.5 Å². The summed E-state index contributed by atoms with van der Waals surface area (Å²) < 4.78 is 35.0. The molecule has 8 heteroatoms. The van der Waals surface area contributed by atoms with E-state index < -0.39 is 21.9 Å². The zero-order valence-corrected chi connectivity index (χ0v) is 10.9. The van der Waals surface area contributed by atoms with Crippen molar-refractivity contribution in [3.05, 3.63) is 54.1 Å². The molecule has 0 aliphatic heterocycles. The Kier molecular flexibility index (Phi) is 3.77. The lowest BCUT2D eigenvalue weighted by Crippen LogP contribution is -2.14. The number of primary sulfonamides is 1. The Morgan fingerprint density at radius 1 is 1.20 bits per heavy atom. The Hall–Kier alpha value is -2.32. The van der Waals surface area contributed by atoms with Crippen molar-refractivity contribution >= 4 is 21.6 Å². The minimum Gasteiger partial charge on any atom is -0.322 e. The molecular formula is C12H10FN3O3S. The van der Waals surface area contributed by atoms with E-state index in [1.54, 1.807) is 0 Å². The summed E-state index contributed by atoms with van der Waals surface area (Å²) in [5.74, 6) is -1.29. The molecule has 0 spiro atoms. The number of sulfonamides is 1.